The number of hydrogen-bond donors (Lipinski definition) is 2. The Hall–Kier alpha value is -0.850. The highest BCUT2D eigenvalue weighted by atomic mass is 127. The lowest BCUT2D eigenvalue weighted by molar-refractivity contribution is 0.454. The average molecular weight is 358 g/mol. The molecule has 0 radical (unpaired) electrons. The summed E-state index contributed by atoms with van der Waals surface area (Å²) < 4.78 is 0. The maximum atomic E-state index is 5.86. The van der Waals surface area contributed by atoms with E-state index in [1.165, 1.54) is 25.7 Å². The van der Waals surface area contributed by atoms with Crippen LogP contribution < -0.4 is 11.1 Å². The first-order chi connectivity index (χ1) is 8.28. The molecule has 0 aliphatic heterocycles. The summed E-state index contributed by atoms with van der Waals surface area (Å²) in [6, 6.07) is 5.69. The van der Waals surface area contributed by atoms with Crippen LogP contribution in [0.2, 0.25) is 0 Å². The zero-order valence-corrected chi connectivity index (χ0v) is 12.6. The van der Waals surface area contributed by atoms with Gasteiger partial charge >= 0.3 is 0 Å². The number of guanidine groups is 1. The van der Waals surface area contributed by atoms with E-state index < -0.39 is 0 Å². The Kier molecular flexibility index (Phi) is 4.09. The van der Waals surface area contributed by atoms with E-state index in [9.17, 15) is 0 Å². The molecule has 2 fully saturated rings. The lowest BCUT2D eigenvalue weighted by Crippen LogP contribution is -2.24. The highest BCUT2D eigenvalue weighted by molar-refractivity contribution is 14.0. The molecular formula is C13H19IN4. The first-order valence-electron chi connectivity index (χ1n) is 6.26. The summed E-state index contributed by atoms with van der Waals surface area (Å²) in [4.78, 5) is 8.61. The maximum absolute atomic E-state index is 5.86. The third kappa shape index (κ3) is 3.13. The van der Waals surface area contributed by atoms with Gasteiger partial charge in [-0.15, -0.1) is 24.0 Å². The van der Waals surface area contributed by atoms with Gasteiger partial charge in [-0.25, -0.2) is 4.98 Å². The van der Waals surface area contributed by atoms with Gasteiger partial charge in [-0.1, -0.05) is 6.07 Å². The first kappa shape index (κ1) is 13.6. The SMILES string of the molecule is I.NC(=NCC1(C2CC2)CC1)Nc1ccccn1. The zero-order chi connectivity index (χ0) is 11.7. The molecule has 2 aliphatic carbocycles. The second-order valence-electron chi connectivity index (χ2n) is 5.18. The van der Waals surface area contributed by atoms with Crippen LogP contribution in [-0.4, -0.2) is 17.5 Å². The molecule has 1 heterocycles. The fourth-order valence-corrected chi connectivity index (χ4v) is 2.40. The summed E-state index contributed by atoms with van der Waals surface area (Å²) in [5, 5.41) is 3.02. The topological polar surface area (TPSA) is 63.3 Å². The second kappa shape index (κ2) is 5.42. The number of hydrogen-bond acceptors (Lipinski definition) is 2. The number of halogens is 1. The average Bonchev–Trinajstić information content (AvgIpc) is 3.20. The number of nitrogens with two attached hydrogens (primary N) is 1. The van der Waals surface area contributed by atoms with Crippen molar-refractivity contribution >= 4 is 35.8 Å². The van der Waals surface area contributed by atoms with Gasteiger partial charge in [-0.05, 0) is 49.1 Å². The molecule has 3 rings (SSSR count). The van der Waals surface area contributed by atoms with Crippen LogP contribution in [0.15, 0.2) is 29.4 Å². The zero-order valence-electron chi connectivity index (χ0n) is 10.3. The fraction of sp³-hybridized carbons (Fsp3) is 0.538. The van der Waals surface area contributed by atoms with Crippen molar-refractivity contribution < 1.29 is 0 Å². The van der Waals surface area contributed by atoms with Crippen LogP contribution in [0.25, 0.3) is 0 Å². The summed E-state index contributed by atoms with van der Waals surface area (Å²) in [6.45, 7) is 0.878. The van der Waals surface area contributed by atoms with E-state index in [1.807, 2.05) is 18.2 Å². The van der Waals surface area contributed by atoms with Crippen molar-refractivity contribution in [3.05, 3.63) is 24.4 Å². The molecule has 0 saturated heterocycles. The lowest BCUT2D eigenvalue weighted by atomic mass is 10.0. The molecule has 0 aromatic carbocycles. The lowest BCUT2D eigenvalue weighted by Gasteiger charge is -2.11. The van der Waals surface area contributed by atoms with Crippen molar-refractivity contribution in [2.75, 3.05) is 11.9 Å². The second-order valence-corrected chi connectivity index (χ2v) is 5.18. The molecule has 0 unspecified atom stereocenters. The van der Waals surface area contributed by atoms with E-state index >= 15 is 0 Å². The summed E-state index contributed by atoms with van der Waals surface area (Å²) in [7, 11) is 0. The van der Waals surface area contributed by atoms with Crippen molar-refractivity contribution in [1.29, 1.82) is 0 Å². The molecule has 0 bridgehead atoms. The molecule has 3 N–H and O–H groups in total. The minimum atomic E-state index is 0. The number of rotatable bonds is 4. The Morgan fingerprint density at radius 3 is 2.78 bits per heavy atom. The number of pyridine rings is 1. The van der Waals surface area contributed by atoms with E-state index in [-0.39, 0.29) is 24.0 Å². The molecular weight excluding hydrogens is 339 g/mol. The minimum absolute atomic E-state index is 0. The van der Waals surface area contributed by atoms with E-state index in [2.05, 4.69) is 15.3 Å². The molecule has 18 heavy (non-hydrogen) atoms. The van der Waals surface area contributed by atoms with Crippen LogP contribution in [0, 0.1) is 11.3 Å². The Bertz CT molecular complexity index is 424. The van der Waals surface area contributed by atoms with E-state index in [0.717, 1.165) is 18.3 Å². The Morgan fingerprint density at radius 1 is 1.44 bits per heavy atom. The molecule has 5 heteroatoms. The predicted octanol–water partition coefficient (Wildman–Crippen LogP) is 2.62. The summed E-state index contributed by atoms with van der Waals surface area (Å²) in [6.07, 6.45) is 7.18. The van der Waals surface area contributed by atoms with Crippen LogP contribution in [-0.2, 0) is 0 Å². The number of aromatic nitrogens is 1. The van der Waals surface area contributed by atoms with Crippen molar-refractivity contribution in [3.8, 4) is 0 Å². The molecule has 1 aromatic heterocycles. The molecule has 0 atom stereocenters. The van der Waals surface area contributed by atoms with Crippen LogP contribution in [0.5, 0.6) is 0 Å². The number of anilines is 1. The van der Waals surface area contributed by atoms with Gasteiger partial charge in [0, 0.05) is 12.7 Å². The van der Waals surface area contributed by atoms with Gasteiger partial charge in [0.05, 0.1) is 0 Å². The summed E-state index contributed by atoms with van der Waals surface area (Å²) >= 11 is 0. The fourth-order valence-electron chi connectivity index (χ4n) is 2.40. The smallest absolute Gasteiger partial charge is 0.194 e. The van der Waals surface area contributed by atoms with E-state index in [1.54, 1.807) is 6.20 Å². The molecule has 2 saturated carbocycles. The highest BCUT2D eigenvalue weighted by Crippen LogP contribution is 2.61. The molecule has 0 spiro atoms. The van der Waals surface area contributed by atoms with E-state index in [0.29, 0.717) is 11.4 Å². The molecule has 98 valence electrons. The predicted molar refractivity (Wildman–Crippen MR) is 84.2 cm³/mol. The van der Waals surface area contributed by atoms with Crippen molar-refractivity contribution in [3.63, 3.8) is 0 Å². The van der Waals surface area contributed by atoms with Crippen molar-refractivity contribution in [2.45, 2.75) is 25.7 Å². The van der Waals surface area contributed by atoms with E-state index in [4.69, 9.17) is 5.73 Å². The maximum Gasteiger partial charge on any atom is 0.194 e. The normalized spacial score (nSPS) is 21.0. The van der Waals surface area contributed by atoms with Gasteiger partial charge < -0.3 is 11.1 Å². The van der Waals surface area contributed by atoms with Gasteiger partial charge in [0.1, 0.15) is 5.82 Å². The third-order valence-corrected chi connectivity index (χ3v) is 3.82. The van der Waals surface area contributed by atoms with Crippen LogP contribution >= 0.6 is 24.0 Å². The van der Waals surface area contributed by atoms with Crippen molar-refractivity contribution in [2.24, 2.45) is 22.1 Å². The summed E-state index contributed by atoms with van der Waals surface area (Å²) in [5.41, 5.74) is 6.37. The van der Waals surface area contributed by atoms with Crippen LogP contribution in [0.1, 0.15) is 25.7 Å². The summed E-state index contributed by atoms with van der Waals surface area (Å²) in [5.74, 6) is 2.16. The first-order valence-corrected chi connectivity index (χ1v) is 6.26. The highest BCUT2D eigenvalue weighted by Gasteiger charge is 2.53. The van der Waals surface area contributed by atoms with Gasteiger partial charge in [-0.3, -0.25) is 4.99 Å². The monoisotopic (exact) mass is 358 g/mol. The number of aliphatic imine (C=N–C) groups is 1. The Balaban J connectivity index is 0.00000120. The molecule has 4 nitrogen and oxygen atoms in total. The van der Waals surface area contributed by atoms with Gasteiger partial charge in [0.2, 0.25) is 0 Å². The van der Waals surface area contributed by atoms with Crippen LogP contribution in [0.4, 0.5) is 5.82 Å². The van der Waals surface area contributed by atoms with Crippen molar-refractivity contribution in [1.82, 2.24) is 4.98 Å². The number of nitrogens with zero attached hydrogens (tertiary/aromatic N) is 2. The standard InChI is InChI=1S/C13H18N4.HI/c14-12(17-11-3-1-2-8-15-11)16-9-13(6-7-13)10-4-5-10;/h1-3,8,10H,4-7,9H2,(H3,14,15,16,17);1H. The quantitative estimate of drug-likeness (QED) is 0.494. The van der Waals surface area contributed by atoms with Crippen LogP contribution in [0.3, 0.4) is 0 Å². The Morgan fingerprint density at radius 2 is 2.22 bits per heavy atom. The van der Waals surface area contributed by atoms with Gasteiger partial charge in [0.25, 0.3) is 0 Å². The van der Waals surface area contributed by atoms with Gasteiger partial charge in [-0.2, -0.15) is 0 Å². The minimum Gasteiger partial charge on any atom is -0.370 e. The molecule has 0 amide bonds. The number of nitrogens with one attached hydrogen (secondary N) is 1. The third-order valence-electron chi connectivity index (χ3n) is 3.82. The van der Waals surface area contributed by atoms with Gasteiger partial charge in [0.15, 0.2) is 5.96 Å². The molecule has 1 aromatic rings. The molecule has 2 aliphatic rings. The largest absolute Gasteiger partial charge is 0.370 e. The Labute approximate surface area is 124 Å².